The smallest absolute Gasteiger partial charge is 0.243 e. The normalized spacial score (nSPS) is 10.8. The largest absolute Gasteiger partial charge is 0.399 e. The highest BCUT2D eigenvalue weighted by Gasteiger charge is 1.95. The Bertz CT molecular complexity index is 427. The van der Waals surface area contributed by atoms with Crippen LogP contribution in [0.4, 0.5) is 5.69 Å². The number of rotatable bonds is 9. The minimum atomic E-state index is -0.0408. The van der Waals surface area contributed by atoms with Gasteiger partial charge in [0, 0.05) is 18.3 Å². The number of nitrogens with two attached hydrogens (primary N) is 1. The molecular formula is C17H26N2O. The highest BCUT2D eigenvalue weighted by molar-refractivity contribution is 5.91. The zero-order valence-corrected chi connectivity index (χ0v) is 12.4. The van der Waals surface area contributed by atoms with Crippen molar-refractivity contribution in [3.05, 3.63) is 35.9 Å². The minimum absolute atomic E-state index is 0.0408. The molecule has 0 bridgehead atoms. The number of amides is 1. The lowest BCUT2D eigenvalue weighted by Gasteiger charge is -2.02. The maximum atomic E-state index is 11.6. The van der Waals surface area contributed by atoms with Crippen molar-refractivity contribution in [1.82, 2.24) is 5.32 Å². The lowest BCUT2D eigenvalue weighted by Crippen LogP contribution is -2.21. The molecule has 0 spiro atoms. The molecule has 0 atom stereocenters. The van der Waals surface area contributed by atoms with Crippen molar-refractivity contribution in [3.63, 3.8) is 0 Å². The zero-order valence-electron chi connectivity index (χ0n) is 12.4. The van der Waals surface area contributed by atoms with Crippen molar-refractivity contribution in [2.24, 2.45) is 0 Å². The molecule has 0 aliphatic carbocycles. The predicted octanol–water partition coefficient (Wildman–Crippen LogP) is 3.76. The third kappa shape index (κ3) is 7.62. The Labute approximate surface area is 122 Å². The van der Waals surface area contributed by atoms with E-state index in [1.165, 1.54) is 32.1 Å². The van der Waals surface area contributed by atoms with Crippen molar-refractivity contribution in [3.8, 4) is 0 Å². The summed E-state index contributed by atoms with van der Waals surface area (Å²) in [5, 5.41) is 2.90. The van der Waals surface area contributed by atoms with E-state index in [1.54, 1.807) is 12.2 Å². The van der Waals surface area contributed by atoms with Crippen molar-refractivity contribution in [2.45, 2.75) is 45.4 Å². The second-order valence-electron chi connectivity index (χ2n) is 5.06. The van der Waals surface area contributed by atoms with Crippen LogP contribution in [0.15, 0.2) is 30.3 Å². The molecule has 1 aromatic rings. The quantitative estimate of drug-likeness (QED) is 0.409. The fraction of sp³-hybridized carbons (Fsp3) is 0.471. The molecule has 0 unspecified atom stereocenters. The topological polar surface area (TPSA) is 55.1 Å². The predicted molar refractivity (Wildman–Crippen MR) is 86.3 cm³/mol. The van der Waals surface area contributed by atoms with Gasteiger partial charge in [-0.1, -0.05) is 51.2 Å². The Morgan fingerprint density at radius 3 is 2.70 bits per heavy atom. The van der Waals surface area contributed by atoms with E-state index in [0.29, 0.717) is 5.69 Å². The molecule has 0 saturated carbocycles. The van der Waals surface area contributed by atoms with Gasteiger partial charge in [0.25, 0.3) is 0 Å². The maximum absolute atomic E-state index is 11.6. The lowest BCUT2D eigenvalue weighted by molar-refractivity contribution is -0.116. The first kappa shape index (κ1) is 16.3. The van der Waals surface area contributed by atoms with Crippen LogP contribution in [0.5, 0.6) is 0 Å². The third-order valence-corrected chi connectivity index (χ3v) is 3.17. The fourth-order valence-electron chi connectivity index (χ4n) is 2.01. The molecule has 3 nitrogen and oxygen atoms in total. The molecule has 0 fully saturated rings. The summed E-state index contributed by atoms with van der Waals surface area (Å²) in [7, 11) is 0. The summed E-state index contributed by atoms with van der Waals surface area (Å²) in [5.74, 6) is -0.0408. The molecule has 0 saturated heterocycles. The summed E-state index contributed by atoms with van der Waals surface area (Å²) < 4.78 is 0. The van der Waals surface area contributed by atoms with E-state index in [4.69, 9.17) is 5.73 Å². The molecule has 0 heterocycles. The van der Waals surface area contributed by atoms with Gasteiger partial charge in [-0.25, -0.2) is 0 Å². The number of nitrogens with one attached hydrogen (secondary N) is 1. The molecule has 0 aromatic heterocycles. The van der Waals surface area contributed by atoms with Gasteiger partial charge in [-0.3, -0.25) is 4.79 Å². The summed E-state index contributed by atoms with van der Waals surface area (Å²) in [6.45, 7) is 2.97. The lowest BCUT2D eigenvalue weighted by atomic mass is 10.1. The van der Waals surface area contributed by atoms with Crippen LogP contribution in [-0.2, 0) is 4.79 Å². The highest BCUT2D eigenvalue weighted by atomic mass is 16.1. The van der Waals surface area contributed by atoms with Gasteiger partial charge < -0.3 is 11.1 Å². The first-order valence-electron chi connectivity index (χ1n) is 7.54. The van der Waals surface area contributed by atoms with Crippen LogP contribution in [0.25, 0.3) is 6.08 Å². The molecule has 0 aliphatic rings. The first-order valence-corrected chi connectivity index (χ1v) is 7.54. The first-order chi connectivity index (χ1) is 9.72. The van der Waals surface area contributed by atoms with Gasteiger partial charge >= 0.3 is 0 Å². The van der Waals surface area contributed by atoms with E-state index in [9.17, 15) is 4.79 Å². The number of carbonyl (C=O) groups is 1. The number of hydrogen-bond acceptors (Lipinski definition) is 2. The second kappa shape index (κ2) is 10.1. The van der Waals surface area contributed by atoms with Crippen LogP contribution in [0.1, 0.15) is 51.0 Å². The van der Waals surface area contributed by atoms with Crippen LogP contribution in [0, 0.1) is 0 Å². The fourth-order valence-corrected chi connectivity index (χ4v) is 2.01. The Kier molecular flexibility index (Phi) is 8.20. The van der Waals surface area contributed by atoms with E-state index in [-0.39, 0.29) is 5.91 Å². The van der Waals surface area contributed by atoms with Crippen molar-refractivity contribution < 1.29 is 4.79 Å². The van der Waals surface area contributed by atoms with Gasteiger partial charge in [-0.2, -0.15) is 0 Å². The molecule has 1 rings (SSSR count). The Hall–Kier alpha value is -1.77. The Balaban J connectivity index is 2.14. The van der Waals surface area contributed by atoms with Crippen molar-refractivity contribution in [2.75, 3.05) is 12.3 Å². The maximum Gasteiger partial charge on any atom is 0.243 e. The standard InChI is InChI=1S/C17H26N2O/c1-2-3-4-5-6-7-13-19-17(20)12-11-15-9-8-10-16(18)14-15/h8-12,14H,2-7,13,18H2,1H3,(H,19,20)/b12-11+. The average molecular weight is 274 g/mol. The summed E-state index contributed by atoms with van der Waals surface area (Å²) >= 11 is 0. The monoisotopic (exact) mass is 274 g/mol. The van der Waals surface area contributed by atoms with E-state index in [0.717, 1.165) is 18.5 Å². The van der Waals surface area contributed by atoms with Crippen LogP contribution in [-0.4, -0.2) is 12.5 Å². The Morgan fingerprint density at radius 2 is 1.95 bits per heavy atom. The molecular weight excluding hydrogens is 248 g/mol. The van der Waals surface area contributed by atoms with E-state index in [2.05, 4.69) is 12.2 Å². The SMILES string of the molecule is CCCCCCCCNC(=O)/C=C/c1cccc(N)c1. The molecule has 20 heavy (non-hydrogen) atoms. The molecule has 0 aliphatic heterocycles. The Morgan fingerprint density at radius 1 is 1.20 bits per heavy atom. The molecule has 1 amide bonds. The molecule has 110 valence electrons. The molecule has 0 radical (unpaired) electrons. The molecule has 3 N–H and O–H groups in total. The third-order valence-electron chi connectivity index (χ3n) is 3.17. The van der Waals surface area contributed by atoms with Gasteiger partial charge in [-0.05, 0) is 30.2 Å². The van der Waals surface area contributed by atoms with Gasteiger partial charge in [-0.15, -0.1) is 0 Å². The molecule has 3 heteroatoms. The summed E-state index contributed by atoms with van der Waals surface area (Å²) in [5.41, 5.74) is 7.33. The number of hydrogen-bond donors (Lipinski definition) is 2. The van der Waals surface area contributed by atoms with Crippen LogP contribution < -0.4 is 11.1 Å². The summed E-state index contributed by atoms with van der Waals surface area (Å²) in [4.78, 5) is 11.6. The van der Waals surface area contributed by atoms with Gasteiger partial charge in [0.05, 0.1) is 0 Å². The van der Waals surface area contributed by atoms with Crippen LogP contribution >= 0.6 is 0 Å². The number of nitrogen functional groups attached to an aromatic ring is 1. The van der Waals surface area contributed by atoms with E-state index < -0.39 is 0 Å². The van der Waals surface area contributed by atoms with Gasteiger partial charge in [0.15, 0.2) is 0 Å². The van der Waals surface area contributed by atoms with Gasteiger partial charge in [0.1, 0.15) is 0 Å². The number of carbonyl (C=O) groups excluding carboxylic acids is 1. The number of anilines is 1. The number of unbranched alkanes of at least 4 members (excludes halogenated alkanes) is 5. The van der Waals surface area contributed by atoms with Gasteiger partial charge in [0.2, 0.25) is 5.91 Å². The van der Waals surface area contributed by atoms with E-state index in [1.807, 2.05) is 24.3 Å². The highest BCUT2D eigenvalue weighted by Crippen LogP contribution is 2.08. The summed E-state index contributed by atoms with van der Waals surface area (Å²) in [6, 6.07) is 7.48. The average Bonchev–Trinajstić information content (AvgIpc) is 2.44. The van der Waals surface area contributed by atoms with Crippen LogP contribution in [0.3, 0.4) is 0 Å². The molecule has 1 aromatic carbocycles. The minimum Gasteiger partial charge on any atom is -0.399 e. The zero-order chi connectivity index (χ0) is 14.6. The number of benzene rings is 1. The van der Waals surface area contributed by atoms with Crippen LogP contribution in [0.2, 0.25) is 0 Å². The second-order valence-corrected chi connectivity index (χ2v) is 5.06. The summed E-state index contributed by atoms with van der Waals surface area (Å²) in [6.07, 6.45) is 10.8. The van der Waals surface area contributed by atoms with Crippen molar-refractivity contribution in [1.29, 1.82) is 0 Å². The van der Waals surface area contributed by atoms with E-state index >= 15 is 0 Å². The van der Waals surface area contributed by atoms with Crippen molar-refractivity contribution >= 4 is 17.7 Å².